The highest BCUT2D eigenvalue weighted by molar-refractivity contribution is 5.92. The van der Waals surface area contributed by atoms with Gasteiger partial charge in [0.05, 0.1) is 6.54 Å². The van der Waals surface area contributed by atoms with Crippen LogP contribution in [-0.4, -0.2) is 46.9 Å². The third-order valence-corrected chi connectivity index (χ3v) is 2.95. The maximum atomic E-state index is 11.5. The molecule has 0 aromatic rings. The van der Waals surface area contributed by atoms with Crippen molar-refractivity contribution >= 4 is 17.8 Å². The van der Waals surface area contributed by atoms with Crippen LogP contribution in [0, 0.1) is 5.92 Å². The number of Topliss-reactive ketones (excluding diaryl/α,β-unsaturated/α-hetero) is 1. The fourth-order valence-electron chi connectivity index (χ4n) is 1.77. The van der Waals surface area contributed by atoms with Crippen molar-refractivity contribution in [1.29, 1.82) is 0 Å². The summed E-state index contributed by atoms with van der Waals surface area (Å²) in [5.41, 5.74) is 0. The van der Waals surface area contributed by atoms with Gasteiger partial charge in [0.1, 0.15) is 6.04 Å². The van der Waals surface area contributed by atoms with Crippen LogP contribution in [0.2, 0.25) is 0 Å². The lowest BCUT2D eigenvalue weighted by Gasteiger charge is -2.30. The summed E-state index contributed by atoms with van der Waals surface area (Å²) in [6.45, 7) is 0.302. The summed E-state index contributed by atoms with van der Waals surface area (Å²) in [6.07, 6.45) is 0.880. The average molecular weight is 226 g/mol. The van der Waals surface area contributed by atoms with E-state index in [9.17, 15) is 14.4 Å². The van der Waals surface area contributed by atoms with E-state index in [-0.39, 0.29) is 37.1 Å². The summed E-state index contributed by atoms with van der Waals surface area (Å²) in [5.74, 6) is -0.162. The van der Waals surface area contributed by atoms with Crippen molar-refractivity contribution in [3.63, 3.8) is 0 Å². The number of carboxylic acid groups (broad SMARTS) is 1. The number of nitrogens with zero attached hydrogens (tertiary/aromatic N) is 1. The Bertz CT molecular complexity index is 338. The van der Waals surface area contributed by atoms with Crippen molar-refractivity contribution in [2.75, 3.05) is 13.1 Å². The number of likely N-dealkylation sites (tertiary alicyclic amines) is 1. The number of nitrogens with one attached hydrogen (secondary N) is 1. The zero-order valence-corrected chi connectivity index (χ0v) is 8.81. The average Bonchev–Trinajstić information content (AvgIpc) is 3.04. The topological polar surface area (TPSA) is 86.7 Å². The standard InChI is InChI=1S/C10H14N2O4/c13-8-3-4-12(10(15)16)5-7(8)11-9(14)6-1-2-6/h6-7H,1-5H2,(H,11,14)(H,15,16). The summed E-state index contributed by atoms with van der Waals surface area (Å²) < 4.78 is 0. The van der Waals surface area contributed by atoms with Crippen molar-refractivity contribution in [3.8, 4) is 0 Å². The van der Waals surface area contributed by atoms with Gasteiger partial charge in [-0.05, 0) is 12.8 Å². The molecule has 0 bridgehead atoms. The minimum atomic E-state index is -1.04. The summed E-state index contributed by atoms with van der Waals surface area (Å²) in [6, 6.07) is -0.655. The maximum Gasteiger partial charge on any atom is 0.407 e. The molecule has 2 amide bonds. The Morgan fingerprint density at radius 1 is 1.38 bits per heavy atom. The van der Waals surface area contributed by atoms with Crippen LogP contribution in [0.25, 0.3) is 0 Å². The molecule has 6 nitrogen and oxygen atoms in total. The number of hydrogen-bond acceptors (Lipinski definition) is 3. The number of amides is 2. The van der Waals surface area contributed by atoms with E-state index < -0.39 is 12.1 Å². The van der Waals surface area contributed by atoms with Gasteiger partial charge in [0, 0.05) is 18.9 Å². The van der Waals surface area contributed by atoms with Gasteiger partial charge in [0.25, 0.3) is 0 Å². The minimum absolute atomic E-state index is 0.0352. The van der Waals surface area contributed by atoms with Crippen molar-refractivity contribution < 1.29 is 19.5 Å². The second-order valence-corrected chi connectivity index (χ2v) is 4.28. The Kier molecular flexibility index (Phi) is 2.80. The van der Waals surface area contributed by atoms with Gasteiger partial charge in [0.2, 0.25) is 5.91 Å². The monoisotopic (exact) mass is 226 g/mol. The summed E-state index contributed by atoms with van der Waals surface area (Å²) in [4.78, 5) is 34.9. The lowest BCUT2D eigenvalue weighted by atomic mass is 10.0. The van der Waals surface area contributed by atoms with Crippen molar-refractivity contribution in [2.24, 2.45) is 5.92 Å². The normalized spacial score (nSPS) is 25.4. The molecule has 0 spiro atoms. The Balaban J connectivity index is 1.92. The van der Waals surface area contributed by atoms with E-state index in [0.29, 0.717) is 0 Å². The fraction of sp³-hybridized carbons (Fsp3) is 0.700. The van der Waals surface area contributed by atoms with Gasteiger partial charge in [-0.15, -0.1) is 0 Å². The van der Waals surface area contributed by atoms with E-state index in [1.807, 2.05) is 0 Å². The molecule has 16 heavy (non-hydrogen) atoms. The summed E-state index contributed by atoms with van der Waals surface area (Å²) in [7, 11) is 0. The van der Waals surface area contributed by atoms with Crippen LogP contribution in [0.3, 0.4) is 0 Å². The first kappa shape index (κ1) is 10.9. The molecule has 1 saturated carbocycles. The molecule has 0 aromatic carbocycles. The van der Waals surface area contributed by atoms with E-state index >= 15 is 0 Å². The third kappa shape index (κ3) is 2.32. The van der Waals surface area contributed by atoms with Crippen LogP contribution < -0.4 is 5.32 Å². The fourth-order valence-corrected chi connectivity index (χ4v) is 1.77. The maximum absolute atomic E-state index is 11.5. The Morgan fingerprint density at radius 3 is 2.62 bits per heavy atom. The Morgan fingerprint density at radius 2 is 2.06 bits per heavy atom. The molecule has 1 aliphatic heterocycles. The van der Waals surface area contributed by atoms with Gasteiger partial charge in [0.15, 0.2) is 5.78 Å². The van der Waals surface area contributed by atoms with Crippen molar-refractivity contribution in [2.45, 2.75) is 25.3 Å². The molecular weight excluding hydrogens is 212 g/mol. The summed E-state index contributed by atoms with van der Waals surface area (Å²) >= 11 is 0. The van der Waals surface area contributed by atoms with Gasteiger partial charge < -0.3 is 15.3 Å². The highest BCUT2D eigenvalue weighted by atomic mass is 16.4. The van der Waals surface area contributed by atoms with E-state index in [1.54, 1.807) is 0 Å². The molecule has 2 rings (SSSR count). The second kappa shape index (κ2) is 4.11. The number of carbonyl (C=O) groups excluding carboxylic acids is 2. The predicted octanol–water partition coefficient (Wildman–Crippen LogP) is -0.166. The van der Waals surface area contributed by atoms with Crippen LogP contribution in [0.1, 0.15) is 19.3 Å². The number of carbonyl (C=O) groups is 3. The van der Waals surface area contributed by atoms with Gasteiger partial charge >= 0.3 is 6.09 Å². The molecule has 2 fully saturated rings. The number of rotatable bonds is 2. The zero-order chi connectivity index (χ0) is 11.7. The lowest BCUT2D eigenvalue weighted by Crippen LogP contribution is -2.54. The number of hydrogen-bond donors (Lipinski definition) is 2. The molecule has 6 heteroatoms. The molecule has 1 aliphatic carbocycles. The first-order valence-electron chi connectivity index (χ1n) is 5.39. The largest absolute Gasteiger partial charge is 0.465 e. The van der Waals surface area contributed by atoms with E-state index in [4.69, 9.17) is 5.11 Å². The van der Waals surface area contributed by atoms with Crippen molar-refractivity contribution in [3.05, 3.63) is 0 Å². The molecular formula is C10H14N2O4. The molecule has 2 N–H and O–H groups in total. The van der Waals surface area contributed by atoms with E-state index in [2.05, 4.69) is 5.32 Å². The molecule has 1 heterocycles. The Labute approximate surface area is 92.6 Å². The molecule has 2 aliphatic rings. The molecule has 88 valence electrons. The lowest BCUT2D eigenvalue weighted by molar-refractivity contribution is -0.130. The van der Waals surface area contributed by atoms with Gasteiger partial charge in [-0.3, -0.25) is 9.59 Å². The Hall–Kier alpha value is -1.59. The molecule has 0 radical (unpaired) electrons. The summed E-state index contributed by atoms with van der Waals surface area (Å²) in [5, 5.41) is 11.4. The van der Waals surface area contributed by atoms with Gasteiger partial charge in [-0.1, -0.05) is 0 Å². The van der Waals surface area contributed by atoms with Crippen LogP contribution in [0.4, 0.5) is 4.79 Å². The SMILES string of the molecule is O=C(NC1CN(C(=O)O)CCC1=O)C1CC1. The minimum Gasteiger partial charge on any atom is -0.465 e. The molecule has 1 unspecified atom stereocenters. The third-order valence-electron chi connectivity index (χ3n) is 2.95. The predicted molar refractivity (Wildman–Crippen MR) is 53.9 cm³/mol. The van der Waals surface area contributed by atoms with Crippen LogP contribution >= 0.6 is 0 Å². The number of ketones is 1. The van der Waals surface area contributed by atoms with E-state index in [1.165, 1.54) is 4.90 Å². The first-order valence-corrected chi connectivity index (χ1v) is 5.39. The van der Waals surface area contributed by atoms with Crippen LogP contribution in [0.5, 0.6) is 0 Å². The van der Waals surface area contributed by atoms with Crippen molar-refractivity contribution in [1.82, 2.24) is 10.2 Å². The first-order chi connectivity index (χ1) is 7.58. The molecule has 0 aromatic heterocycles. The van der Waals surface area contributed by atoms with Crippen LogP contribution in [-0.2, 0) is 9.59 Å². The molecule has 1 saturated heterocycles. The van der Waals surface area contributed by atoms with Gasteiger partial charge in [-0.2, -0.15) is 0 Å². The smallest absolute Gasteiger partial charge is 0.407 e. The van der Waals surface area contributed by atoms with Gasteiger partial charge in [-0.25, -0.2) is 4.79 Å². The number of piperidine rings is 1. The quantitative estimate of drug-likeness (QED) is 0.684. The zero-order valence-electron chi connectivity index (χ0n) is 8.81. The van der Waals surface area contributed by atoms with E-state index in [0.717, 1.165) is 12.8 Å². The second-order valence-electron chi connectivity index (χ2n) is 4.28. The highest BCUT2D eigenvalue weighted by Crippen LogP contribution is 2.29. The highest BCUT2D eigenvalue weighted by Gasteiger charge is 2.35. The molecule has 1 atom stereocenters. The van der Waals surface area contributed by atoms with Crippen LogP contribution in [0.15, 0.2) is 0 Å².